The van der Waals surface area contributed by atoms with Gasteiger partial charge in [-0.15, -0.1) is 0 Å². The molecule has 96 valence electrons. The Balaban J connectivity index is 2.73. The van der Waals surface area contributed by atoms with Crippen LogP contribution in [0.2, 0.25) is 0 Å². The maximum absolute atomic E-state index is 13.1. The molecule has 0 unspecified atom stereocenters. The van der Waals surface area contributed by atoms with Crippen molar-refractivity contribution in [3.63, 3.8) is 0 Å². The zero-order valence-electron chi connectivity index (χ0n) is 9.27. The number of aliphatic carboxylic acids is 1. The molecular formula is C11H11FN2O4. The normalized spacial score (nSPS) is 9.83. The van der Waals surface area contributed by atoms with Crippen molar-refractivity contribution in [3.05, 3.63) is 29.6 Å². The number of carbonyl (C=O) groups excluding carboxylic acids is 2. The summed E-state index contributed by atoms with van der Waals surface area (Å²) in [6.45, 7) is 0. The minimum absolute atomic E-state index is 0.181. The van der Waals surface area contributed by atoms with E-state index < -0.39 is 23.6 Å². The monoisotopic (exact) mass is 254 g/mol. The van der Waals surface area contributed by atoms with Gasteiger partial charge in [0.15, 0.2) is 0 Å². The largest absolute Gasteiger partial charge is 0.481 e. The number of rotatable bonds is 5. The van der Waals surface area contributed by atoms with Crippen LogP contribution in [0.15, 0.2) is 18.2 Å². The van der Waals surface area contributed by atoms with Gasteiger partial charge in [-0.1, -0.05) is 0 Å². The Bertz CT molecular complexity index is 502. The van der Waals surface area contributed by atoms with Crippen molar-refractivity contribution in [1.82, 2.24) is 0 Å². The fourth-order valence-corrected chi connectivity index (χ4v) is 1.24. The van der Waals surface area contributed by atoms with E-state index >= 15 is 0 Å². The summed E-state index contributed by atoms with van der Waals surface area (Å²) in [5.41, 5.74) is 4.78. The molecule has 1 rings (SSSR count). The lowest BCUT2D eigenvalue weighted by Gasteiger charge is -2.06. The first-order valence-corrected chi connectivity index (χ1v) is 5.01. The highest BCUT2D eigenvalue weighted by Crippen LogP contribution is 2.14. The number of amides is 2. The lowest BCUT2D eigenvalue weighted by Crippen LogP contribution is -2.16. The highest BCUT2D eigenvalue weighted by Gasteiger charge is 2.11. The molecule has 1 aromatic rings. The van der Waals surface area contributed by atoms with Crippen LogP contribution >= 0.6 is 0 Å². The number of nitrogens with two attached hydrogens (primary N) is 1. The molecule has 0 aromatic heterocycles. The Morgan fingerprint density at radius 2 is 1.94 bits per heavy atom. The van der Waals surface area contributed by atoms with E-state index in [2.05, 4.69) is 5.32 Å². The van der Waals surface area contributed by atoms with E-state index in [0.717, 1.165) is 12.1 Å². The first-order chi connectivity index (χ1) is 8.40. The van der Waals surface area contributed by atoms with Crippen LogP contribution in [0.5, 0.6) is 0 Å². The summed E-state index contributed by atoms with van der Waals surface area (Å²) < 4.78 is 13.1. The molecule has 1 aromatic carbocycles. The third kappa shape index (κ3) is 3.85. The predicted molar refractivity (Wildman–Crippen MR) is 60.4 cm³/mol. The van der Waals surface area contributed by atoms with Crippen LogP contribution in [0, 0.1) is 5.82 Å². The van der Waals surface area contributed by atoms with E-state index in [1.165, 1.54) is 6.07 Å². The van der Waals surface area contributed by atoms with Gasteiger partial charge < -0.3 is 16.2 Å². The first-order valence-electron chi connectivity index (χ1n) is 5.01. The number of anilines is 1. The average Bonchev–Trinajstić information content (AvgIpc) is 2.28. The molecule has 7 heteroatoms. The number of nitrogens with one attached hydrogen (secondary N) is 1. The van der Waals surface area contributed by atoms with Crippen LogP contribution in [-0.2, 0) is 9.59 Å². The summed E-state index contributed by atoms with van der Waals surface area (Å²) in [6.07, 6.45) is -0.520. The molecule has 4 N–H and O–H groups in total. The number of benzene rings is 1. The predicted octanol–water partition coefficient (Wildman–Crippen LogP) is 0.728. The van der Waals surface area contributed by atoms with Crippen molar-refractivity contribution in [1.29, 1.82) is 0 Å². The van der Waals surface area contributed by atoms with Gasteiger partial charge in [0.05, 0.1) is 12.0 Å². The zero-order chi connectivity index (χ0) is 13.7. The van der Waals surface area contributed by atoms with Crippen LogP contribution in [-0.4, -0.2) is 22.9 Å². The van der Waals surface area contributed by atoms with Gasteiger partial charge >= 0.3 is 5.97 Å². The summed E-state index contributed by atoms with van der Waals surface area (Å²) in [5, 5.41) is 10.7. The molecule has 0 fully saturated rings. The van der Waals surface area contributed by atoms with Gasteiger partial charge in [-0.05, 0) is 18.2 Å². The summed E-state index contributed by atoms with van der Waals surface area (Å²) in [7, 11) is 0. The minimum atomic E-state index is -1.10. The number of carbonyl (C=O) groups is 3. The fraction of sp³-hybridized carbons (Fsp3) is 0.182. The highest BCUT2D eigenvalue weighted by molar-refractivity contribution is 5.97. The number of carboxylic acids is 1. The first kappa shape index (κ1) is 13.6. The topological polar surface area (TPSA) is 109 Å². The summed E-state index contributed by atoms with van der Waals surface area (Å²) in [6, 6.07) is 3.34. The number of carboxylic acid groups (broad SMARTS) is 1. The quantitative estimate of drug-likeness (QED) is 0.719. The van der Waals surface area contributed by atoms with Gasteiger partial charge in [0.2, 0.25) is 5.91 Å². The van der Waals surface area contributed by atoms with Crippen LogP contribution < -0.4 is 11.1 Å². The van der Waals surface area contributed by atoms with Gasteiger partial charge in [-0.25, -0.2) is 4.39 Å². The summed E-state index contributed by atoms with van der Waals surface area (Å²) >= 11 is 0. The molecule has 0 saturated heterocycles. The smallest absolute Gasteiger partial charge is 0.303 e. The van der Waals surface area contributed by atoms with Crippen molar-refractivity contribution in [3.8, 4) is 0 Å². The molecule has 6 nitrogen and oxygen atoms in total. The lowest BCUT2D eigenvalue weighted by atomic mass is 10.1. The van der Waals surface area contributed by atoms with E-state index in [-0.39, 0.29) is 24.1 Å². The molecule has 0 saturated carbocycles. The van der Waals surface area contributed by atoms with Crippen molar-refractivity contribution in [2.45, 2.75) is 12.8 Å². The SMILES string of the molecule is NC(=O)c1cc(NC(=O)CCC(=O)O)ccc1F. The third-order valence-corrected chi connectivity index (χ3v) is 2.08. The molecule has 0 spiro atoms. The van der Waals surface area contributed by atoms with Crippen molar-refractivity contribution < 1.29 is 23.9 Å². The van der Waals surface area contributed by atoms with Crippen molar-refractivity contribution >= 4 is 23.5 Å². The lowest BCUT2D eigenvalue weighted by molar-refractivity contribution is -0.138. The van der Waals surface area contributed by atoms with Gasteiger partial charge in [0, 0.05) is 12.1 Å². The second-order valence-corrected chi connectivity index (χ2v) is 3.50. The number of hydrogen-bond acceptors (Lipinski definition) is 3. The van der Waals surface area contributed by atoms with Gasteiger partial charge in [-0.2, -0.15) is 0 Å². The second kappa shape index (κ2) is 5.76. The van der Waals surface area contributed by atoms with Crippen LogP contribution in [0.3, 0.4) is 0 Å². The summed E-state index contributed by atoms with van der Waals surface area (Å²) in [5.74, 6) is -3.37. The van der Waals surface area contributed by atoms with E-state index in [1.807, 2.05) is 0 Å². The zero-order valence-corrected chi connectivity index (χ0v) is 9.27. The molecule has 0 atom stereocenters. The Morgan fingerprint density at radius 1 is 1.28 bits per heavy atom. The fourth-order valence-electron chi connectivity index (χ4n) is 1.24. The van der Waals surface area contributed by atoms with Crippen molar-refractivity contribution in [2.75, 3.05) is 5.32 Å². The van der Waals surface area contributed by atoms with Crippen LogP contribution in [0.4, 0.5) is 10.1 Å². The Kier molecular flexibility index (Phi) is 4.36. The maximum atomic E-state index is 13.1. The molecule has 0 radical (unpaired) electrons. The standard InChI is InChI=1S/C11H11FN2O4/c12-8-2-1-6(5-7(8)11(13)18)14-9(15)3-4-10(16)17/h1-2,5H,3-4H2,(H2,13,18)(H,14,15)(H,16,17). The van der Waals surface area contributed by atoms with E-state index in [9.17, 15) is 18.8 Å². The van der Waals surface area contributed by atoms with Crippen molar-refractivity contribution in [2.24, 2.45) is 5.73 Å². The third-order valence-electron chi connectivity index (χ3n) is 2.08. The maximum Gasteiger partial charge on any atom is 0.303 e. The van der Waals surface area contributed by atoms with Crippen LogP contribution in [0.25, 0.3) is 0 Å². The minimum Gasteiger partial charge on any atom is -0.481 e. The second-order valence-electron chi connectivity index (χ2n) is 3.50. The number of hydrogen-bond donors (Lipinski definition) is 3. The Labute approximate surface area is 102 Å². The van der Waals surface area contributed by atoms with E-state index in [4.69, 9.17) is 10.8 Å². The molecule has 0 bridgehead atoms. The molecule has 0 aliphatic heterocycles. The highest BCUT2D eigenvalue weighted by atomic mass is 19.1. The Morgan fingerprint density at radius 3 is 2.50 bits per heavy atom. The van der Waals surface area contributed by atoms with Gasteiger partial charge in [0.1, 0.15) is 5.82 Å². The van der Waals surface area contributed by atoms with Gasteiger partial charge in [-0.3, -0.25) is 14.4 Å². The molecule has 18 heavy (non-hydrogen) atoms. The molecule has 0 aliphatic carbocycles. The molecule has 2 amide bonds. The van der Waals surface area contributed by atoms with E-state index in [1.54, 1.807) is 0 Å². The molecule has 0 aliphatic rings. The van der Waals surface area contributed by atoms with Gasteiger partial charge in [0.25, 0.3) is 5.91 Å². The number of primary amides is 1. The summed E-state index contributed by atoms with van der Waals surface area (Å²) in [4.78, 5) is 32.4. The van der Waals surface area contributed by atoms with E-state index in [0.29, 0.717) is 0 Å². The average molecular weight is 254 g/mol. The Hall–Kier alpha value is -2.44. The molecule has 0 heterocycles. The number of halogens is 1. The van der Waals surface area contributed by atoms with Crippen LogP contribution in [0.1, 0.15) is 23.2 Å². The molecular weight excluding hydrogens is 243 g/mol.